The Bertz CT molecular complexity index is 853. The molecule has 0 bridgehead atoms. The van der Waals surface area contributed by atoms with E-state index in [1.54, 1.807) is 11.9 Å². The highest BCUT2D eigenvalue weighted by atomic mass is 35.5. The molecule has 7 heteroatoms. The number of rotatable bonds is 6. The first kappa shape index (κ1) is 21.8. The first-order valence-electron chi connectivity index (χ1n) is 9.77. The summed E-state index contributed by atoms with van der Waals surface area (Å²) in [6, 6.07) is 14.8. The van der Waals surface area contributed by atoms with Gasteiger partial charge in [-0.3, -0.25) is 4.21 Å². The van der Waals surface area contributed by atoms with Gasteiger partial charge in [-0.25, -0.2) is 4.79 Å². The lowest BCUT2D eigenvalue weighted by molar-refractivity contribution is 0.0992. The minimum absolute atomic E-state index is 0.100. The largest absolute Gasteiger partial charge is 0.381 e. The molecule has 2 atom stereocenters. The standard InChI is InChI=1S/C22H27ClN2O3S/c1-16(18-6-8-19(23)9-7-18)25(2)22(26)24-20-5-3-4-17(14-20)15-29(27)21-10-12-28-13-11-21/h3-9,14,16,21H,10-13,15H2,1-2H3,(H,24,26)/t16-,29+/m0/s1. The van der Waals surface area contributed by atoms with Crippen LogP contribution in [0.1, 0.15) is 36.9 Å². The number of hydrogen-bond donors (Lipinski definition) is 1. The van der Waals surface area contributed by atoms with Gasteiger partial charge in [-0.05, 0) is 55.2 Å². The molecule has 1 saturated heterocycles. The lowest BCUT2D eigenvalue weighted by atomic mass is 10.1. The highest BCUT2D eigenvalue weighted by Crippen LogP contribution is 2.23. The van der Waals surface area contributed by atoms with Crippen LogP contribution in [-0.4, -0.2) is 40.7 Å². The Kier molecular flexibility index (Phi) is 7.70. The van der Waals surface area contributed by atoms with Crippen LogP contribution in [0, 0.1) is 0 Å². The third kappa shape index (κ3) is 6.04. The Labute approximate surface area is 179 Å². The van der Waals surface area contributed by atoms with Crippen molar-refractivity contribution in [2.75, 3.05) is 25.6 Å². The van der Waals surface area contributed by atoms with Crippen molar-refractivity contribution in [2.45, 2.75) is 36.8 Å². The lowest BCUT2D eigenvalue weighted by Crippen LogP contribution is -2.33. The number of ether oxygens (including phenoxy) is 1. The molecule has 0 unspecified atom stereocenters. The molecule has 156 valence electrons. The summed E-state index contributed by atoms with van der Waals surface area (Å²) >= 11 is 5.95. The molecule has 1 heterocycles. The van der Waals surface area contributed by atoms with E-state index >= 15 is 0 Å². The smallest absolute Gasteiger partial charge is 0.322 e. The van der Waals surface area contributed by atoms with Gasteiger partial charge in [0, 0.05) is 52.8 Å². The van der Waals surface area contributed by atoms with E-state index in [1.165, 1.54) is 0 Å². The van der Waals surface area contributed by atoms with E-state index in [2.05, 4.69) is 5.32 Å². The summed E-state index contributed by atoms with van der Waals surface area (Å²) < 4.78 is 18.0. The Morgan fingerprint density at radius 2 is 1.93 bits per heavy atom. The van der Waals surface area contributed by atoms with Crippen molar-refractivity contribution >= 4 is 34.1 Å². The molecule has 0 radical (unpaired) electrons. The average molecular weight is 435 g/mol. The molecule has 2 aromatic rings. The zero-order valence-corrected chi connectivity index (χ0v) is 18.3. The van der Waals surface area contributed by atoms with E-state index in [-0.39, 0.29) is 17.3 Å². The van der Waals surface area contributed by atoms with Gasteiger partial charge >= 0.3 is 6.03 Å². The zero-order chi connectivity index (χ0) is 20.8. The lowest BCUT2D eigenvalue weighted by Gasteiger charge is -2.26. The van der Waals surface area contributed by atoms with Crippen molar-refractivity contribution in [3.63, 3.8) is 0 Å². The summed E-state index contributed by atoms with van der Waals surface area (Å²) in [6.07, 6.45) is 1.69. The minimum atomic E-state index is -0.935. The summed E-state index contributed by atoms with van der Waals surface area (Å²) in [5, 5.41) is 3.80. The fourth-order valence-corrected chi connectivity index (χ4v) is 4.90. The quantitative estimate of drug-likeness (QED) is 0.696. The molecule has 1 N–H and O–H groups in total. The molecule has 1 aliphatic heterocycles. The average Bonchev–Trinajstić information content (AvgIpc) is 2.74. The van der Waals surface area contributed by atoms with Crippen molar-refractivity contribution in [2.24, 2.45) is 0 Å². The van der Waals surface area contributed by atoms with Gasteiger partial charge in [0.05, 0.1) is 6.04 Å². The molecule has 0 aliphatic carbocycles. The molecule has 5 nitrogen and oxygen atoms in total. The molecule has 1 fully saturated rings. The van der Waals surface area contributed by atoms with Crippen LogP contribution in [0.3, 0.4) is 0 Å². The first-order chi connectivity index (χ1) is 13.9. The molecule has 0 saturated carbocycles. The van der Waals surface area contributed by atoms with Gasteiger partial charge in [0.1, 0.15) is 0 Å². The Morgan fingerprint density at radius 3 is 2.62 bits per heavy atom. The van der Waals surface area contributed by atoms with Crippen molar-refractivity contribution in [1.29, 1.82) is 0 Å². The first-order valence-corrected chi connectivity index (χ1v) is 11.5. The van der Waals surface area contributed by atoms with Gasteiger partial charge in [0.2, 0.25) is 0 Å². The number of urea groups is 1. The predicted octanol–water partition coefficient (Wildman–Crippen LogP) is 4.99. The maximum Gasteiger partial charge on any atom is 0.322 e. The molecule has 0 spiro atoms. The number of carbonyl (C=O) groups excluding carboxylic acids is 1. The maximum atomic E-state index is 12.7. The second-order valence-corrected chi connectivity index (χ2v) is 9.46. The number of anilines is 1. The van der Waals surface area contributed by atoms with Gasteiger partial charge in [-0.15, -0.1) is 0 Å². The summed E-state index contributed by atoms with van der Waals surface area (Å²) in [6.45, 7) is 3.34. The fourth-order valence-electron chi connectivity index (χ4n) is 3.31. The van der Waals surface area contributed by atoms with E-state index in [0.717, 1.165) is 24.0 Å². The van der Waals surface area contributed by atoms with Crippen molar-refractivity contribution < 1.29 is 13.7 Å². The highest BCUT2D eigenvalue weighted by molar-refractivity contribution is 7.84. The molecule has 2 aromatic carbocycles. The number of nitrogens with one attached hydrogen (secondary N) is 1. The van der Waals surface area contributed by atoms with Crippen LogP contribution in [0.4, 0.5) is 10.5 Å². The van der Waals surface area contributed by atoms with Crippen LogP contribution in [-0.2, 0) is 21.3 Å². The molecule has 3 rings (SSSR count). The molecule has 1 aliphatic rings. The highest BCUT2D eigenvalue weighted by Gasteiger charge is 2.21. The van der Waals surface area contributed by atoms with E-state index < -0.39 is 10.8 Å². The van der Waals surface area contributed by atoms with E-state index in [4.69, 9.17) is 16.3 Å². The summed E-state index contributed by atoms with van der Waals surface area (Å²) in [5.74, 6) is 0.491. The van der Waals surface area contributed by atoms with Crippen LogP contribution >= 0.6 is 11.6 Å². The van der Waals surface area contributed by atoms with Crippen molar-refractivity contribution in [1.82, 2.24) is 4.90 Å². The van der Waals surface area contributed by atoms with Crippen LogP contribution < -0.4 is 5.32 Å². The van der Waals surface area contributed by atoms with Gasteiger partial charge in [0.25, 0.3) is 0 Å². The van der Waals surface area contributed by atoms with Gasteiger partial charge in [-0.1, -0.05) is 35.9 Å². The van der Waals surface area contributed by atoms with Crippen molar-refractivity contribution in [3.8, 4) is 0 Å². The second kappa shape index (κ2) is 10.2. The Hall–Kier alpha value is -1.89. The Balaban J connectivity index is 1.60. The number of hydrogen-bond acceptors (Lipinski definition) is 3. The second-order valence-electron chi connectivity index (χ2n) is 7.31. The monoisotopic (exact) mass is 434 g/mol. The molecular formula is C22H27ClN2O3S. The maximum absolute atomic E-state index is 12.7. The summed E-state index contributed by atoms with van der Waals surface area (Å²) in [5.41, 5.74) is 2.67. The zero-order valence-electron chi connectivity index (χ0n) is 16.8. The predicted molar refractivity (Wildman–Crippen MR) is 119 cm³/mol. The summed E-state index contributed by atoms with van der Waals surface area (Å²) in [4.78, 5) is 14.3. The van der Waals surface area contributed by atoms with Gasteiger partial charge in [-0.2, -0.15) is 0 Å². The molecule has 29 heavy (non-hydrogen) atoms. The third-order valence-corrected chi connectivity index (χ3v) is 7.37. The van der Waals surface area contributed by atoms with E-state index in [1.807, 2.05) is 55.5 Å². The molecular weight excluding hydrogens is 408 g/mol. The van der Waals surface area contributed by atoms with Crippen LogP contribution in [0.25, 0.3) is 0 Å². The topological polar surface area (TPSA) is 58.6 Å². The van der Waals surface area contributed by atoms with Crippen LogP contribution in [0.2, 0.25) is 5.02 Å². The van der Waals surface area contributed by atoms with Crippen molar-refractivity contribution in [3.05, 3.63) is 64.7 Å². The number of carbonyl (C=O) groups is 1. The SMILES string of the molecule is C[C@@H](c1ccc(Cl)cc1)N(C)C(=O)Nc1cccc(C[S@@](=O)C2CCOCC2)c1. The fraction of sp³-hybridized carbons (Fsp3) is 0.409. The van der Waals surface area contributed by atoms with Crippen LogP contribution in [0.15, 0.2) is 48.5 Å². The molecule has 0 aromatic heterocycles. The van der Waals surface area contributed by atoms with E-state index in [0.29, 0.717) is 29.7 Å². The van der Waals surface area contributed by atoms with E-state index in [9.17, 15) is 9.00 Å². The number of nitrogens with zero attached hydrogens (tertiary/aromatic N) is 1. The van der Waals surface area contributed by atoms with Crippen LogP contribution in [0.5, 0.6) is 0 Å². The number of halogens is 1. The minimum Gasteiger partial charge on any atom is -0.381 e. The third-order valence-electron chi connectivity index (χ3n) is 5.28. The normalized spacial score (nSPS) is 16.8. The van der Waals surface area contributed by atoms with Gasteiger partial charge < -0.3 is 15.0 Å². The molecule has 2 amide bonds. The summed E-state index contributed by atoms with van der Waals surface area (Å²) in [7, 11) is 0.827. The number of amides is 2. The number of benzene rings is 2. The van der Waals surface area contributed by atoms with Gasteiger partial charge in [0.15, 0.2) is 0 Å². The Morgan fingerprint density at radius 1 is 1.24 bits per heavy atom.